The number of aromatic nitrogens is 1. The second-order valence-electron chi connectivity index (χ2n) is 4.03. The summed E-state index contributed by atoms with van der Waals surface area (Å²) in [7, 11) is 0. The Labute approximate surface area is 98.7 Å². The second kappa shape index (κ2) is 3.75. The minimum absolute atomic E-state index is 0.365. The van der Waals surface area contributed by atoms with Gasteiger partial charge in [-0.05, 0) is 24.3 Å². The normalized spacial score (nSPS) is 17.6. The molecule has 0 spiro atoms. The molecule has 0 saturated carbocycles. The van der Waals surface area contributed by atoms with Crippen LogP contribution in [0.5, 0.6) is 5.75 Å². The lowest BCUT2D eigenvalue weighted by molar-refractivity contribution is 0.218. The lowest BCUT2D eigenvalue weighted by atomic mass is 10.00. The smallest absolute Gasteiger partial charge is 0.131 e. The number of fused-ring (bicyclic) bond motifs is 2. The molecule has 2 heterocycles. The number of nitrogen functional groups attached to an aromatic ring is 1. The molecule has 0 amide bonds. The van der Waals surface area contributed by atoms with Crippen LogP contribution >= 0.6 is 0 Å². The molecule has 1 aromatic heterocycles. The van der Waals surface area contributed by atoms with Crippen molar-refractivity contribution < 1.29 is 9.84 Å². The summed E-state index contributed by atoms with van der Waals surface area (Å²) in [4.78, 5) is 4.22. The number of hydrogen-bond acceptors (Lipinski definition) is 4. The minimum Gasteiger partial charge on any atom is -0.487 e. The van der Waals surface area contributed by atoms with Crippen molar-refractivity contribution >= 4 is 5.69 Å². The first-order valence-corrected chi connectivity index (χ1v) is 5.40. The molecular weight excluding hydrogens is 216 g/mol. The number of nitrogens with zero attached hydrogens (tertiary/aromatic N) is 1. The summed E-state index contributed by atoms with van der Waals surface area (Å²) in [6.45, 7) is 0.365. The van der Waals surface area contributed by atoms with Crippen molar-refractivity contribution in [3.8, 4) is 5.75 Å². The van der Waals surface area contributed by atoms with Crippen molar-refractivity contribution in [3.05, 3.63) is 53.3 Å². The molecule has 1 aromatic carbocycles. The zero-order valence-corrected chi connectivity index (χ0v) is 9.13. The SMILES string of the molecule is Nc1ccc2c(c1)C(O)c1cccnc1CO2. The van der Waals surface area contributed by atoms with Gasteiger partial charge in [-0.2, -0.15) is 0 Å². The molecule has 3 rings (SSSR count). The number of aliphatic hydroxyl groups excluding tert-OH is 1. The summed E-state index contributed by atoms with van der Waals surface area (Å²) >= 11 is 0. The number of hydrogen-bond donors (Lipinski definition) is 2. The quantitative estimate of drug-likeness (QED) is 0.672. The van der Waals surface area contributed by atoms with E-state index in [1.165, 1.54) is 0 Å². The number of nitrogens with two attached hydrogens (primary N) is 1. The van der Waals surface area contributed by atoms with Crippen LogP contribution in [0, 0.1) is 0 Å². The fraction of sp³-hybridized carbons (Fsp3) is 0.154. The molecule has 0 radical (unpaired) electrons. The first-order chi connectivity index (χ1) is 8.25. The van der Waals surface area contributed by atoms with Gasteiger partial charge in [-0.25, -0.2) is 0 Å². The average molecular weight is 228 g/mol. The molecule has 1 atom stereocenters. The van der Waals surface area contributed by atoms with E-state index in [0.29, 0.717) is 23.6 Å². The van der Waals surface area contributed by atoms with Crippen molar-refractivity contribution in [3.63, 3.8) is 0 Å². The molecule has 1 aliphatic rings. The third-order valence-electron chi connectivity index (χ3n) is 2.91. The Morgan fingerprint density at radius 3 is 3.06 bits per heavy atom. The van der Waals surface area contributed by atoms with Gasteiger partial charge in [0.1, 0.15) is 18.5 Å². The van der Waals surface area contributed by atoms with Crippen LogP contribution in [-0.2, 0) is 6.61 Å². The van der Waals surface area contributed by atoms with Crippen molar-refractivity contribution in [2.24, 2.45) is 0 Å². The van der Waals surface area contributed by atoms with Gasteiger partial charge in [0.2, 0.25) is 0 Å². The van der Waals surface area contributed by atoms with Gasteiger partial charge in [0, 0.05) is 23.0 Å². The highest BCUT2D eigenvalue weighted by Crippen LogP contribution is 2.35. The van der Waals surface area contributed by atoms with Crippen LogP contribution < -0.4 is 10.5 Å². The van der Waals surface area contributed by atoms with Crippen molar-refractivity contribution in [2.75, 3.05) is 5.73 Å². The molecule has 1 unspecified atom stereocenters. The van der Waals surface area contributed by atoms with E-state index in [1.807, 2.05) is 6.07 Å². The lowest BCUT2D eigenvalue weighted by Gasteiger charge is -2.12. The van der Waals surface area contributed by atoms with Crippen molar-refractivity contribution in [1.29, 1.82) is 0 Å². The summed E-state index contributed by atoms with van der Waals surface area (Å²) in [6.07, 6.45) is 0.957. The van der Waals surface area contributed by atoms with Crippen molar-refractivity contribution in [1.82, 2.24) is 4.98 Å². The maximum atomic E-state index is 10.3. The van der Waals surface area contributed by atoms with Gasteiger partial charge in [0.05, 0.1) is 5.69 Å². The fourth-order valence-electron chi connectivity index (χ4n) is 2.05. The van der Waals surface area contributed by atoms with Gasteiger partial charge in [0.25, 0.3) is 0 Å². The standard InChI is InChI=1S/C13H12N2O2/c14-8-3-4-12-10(6-8)13(16)9-2-1-5-15-11(9)7-17-12/h1-6,13,16H,7,14H2. The molecule has 1 aliphatic heterocycles. The average Bonchev–Trinajstić information content (AvgIpc) is 2.49. The van der Waals surface area contributed by atoms with Crippen LogP contribution in [0.25, 0.3) is 0 Å². The number of benzene rings is 1. The maximum absolute atomic E-state index is 10.3. The number of anilines is 1. The summed E-state index contributed by atoms with van der Waals surface area (Å²) in [5, 5.41) is 10.3. The predicted octanol–water partition coefficient (Wildman–Crippen LogP) is 1.64. The van der Waals surface area contributed by atoms with Crippen LogP contribution in [0.1, 0.15) is 22.9 Å². The number of rotatable bonds is 0. The highest BCUT2D eigenvalue weighted by Gasteiger charge is 2.23. The van der Waals surface area contributed by atoms with E-state index in [2.05, 4.69) is 4.98 Å². The predicted molar refractivity (Wildman–Crippen MR) is 63.5 cm³/mol. The molecule has 0 aliphatic carbocycles. The van der Waals surface area contributed by atoms with Crippen LogP contribution in [0.15, 0.2) is 36.5 Å². The first kappa shape index (κ1) is 10.1. The van der Waals surface area contributed by atoms with Gasteiger partial charge < -0.3 is 15.6 Å². The summed E-state index contributed by atoms with van der Waals surface area (Å²) < 4.78 is 5.62. The van der Waals surface area contributed by atoms with Crippen molar-refractivity contribution in [2.45, 2.75) is 12.7 Å². The molecule has 0 bridgehead atoms. The molecule has 4 heteroatoms. The van der Waals surface area contributed by atoms with Crippen LogP contribution in [-0.4, -0.2) is 10.1 Å². The van der Waals surface area contributed by atoms with E-state index in [1.54, 1.807) is 30.5 Å². The minimum atomic E-state index is -0.736. The maximum Gasteiger partial charge on any atom is 0.131 e. The molecule has 17 heavy (non-hydrogen) atoms. The fourth-order valence-corrected chi connectivity index (χ4v) is 2.05. The Kier molecular flexibility index (Phi) is 2.23. The van der Waals surface area contributed by atoms with Gasteiger partial charge >= 0.3 is 0 Å². The molecule has 0 saturated heterocycles. The Balaban J connectivity index is 2.18. The topological polar surface area (TPSA) is 68.4 Å². The summed E-state index contributed by atoms with van der Waals surface area (Å²) in [5.74, 6) is 0.657. The summed E-state index contributed by atoms with van der Waals surface area (Å²) in [5.41, 5.74) is 8.57. The van der Waals surface area contributed by atoms with Crippen LogP contribution in [0.3, 0.4) is 0 Å². The van der Waals surface area contributed by atoms with Gasteiger partial charge in [-0.3, -0.25) is 4.98 Å². The Morgan fingerprint density at radius 1 is 1.29 bits per heavy atom. The molecule has 86 valence electrons. The first-order valence-electron chi connectivity index (χ1n) is 5.40. The molecule has 2 aromatic rings. The van der Waals surface area contributed by atoms with Gasteiger partial charge in [-0.15, -0.1) is 0 Å². The molecule has 4 nitrogen and oxygen atoms in total. The van der Waals surface area contributed by atoms with E-state index < -0.39 is 6.10 Å². The lowest BCUT2D eigenvalue weighted by Crippen LogP contribution is -2.03. The number of ether oxygens (including phenoxy) is 1. The van der Waals surface area contributed by atoms with Gasteiger partial charge in [0.15, 0.2) is 0 Å². The molecule has 3 N–H and O–H groups in total. The summed E-state index contributed by atoms with van der Waals surface area (Å²) in [6, 6.07) is 8.94. The van der Waals surface area contributed by atoms with E-state index in [0.717, 1.165) is 11.3 Å². The largest absolute Gasteiger partial charge is 0.487 e. The monoisotopic (exact) mass is 228 g/mol. The Bertz CT molecular complexity index is 569. The van der Waals surface area contributed by atoms with Crippen LogP contribution in [0.2, 0.25) is 0 Å². The van der Waals surface area contributed by atoms with E-state index in [4.69, 9.17) is 10.5 Å². The highest BCUT2D eigenvalue weighted by atomic mass is 16.5. The number of aliphatic hydroxyl groups is 1. The highest BCUT2D eigenvalue weighted by molar-refractivity contribution is 5.52. The zero-order chi connectivity index (χ0) is 11.8. The molecule has 0 fully saturated rings. The van der Waals surface area contributed by atoms with E-state index in [9.17, 15) is 5.11 Å². The van der Waals surface area contributed by atoms with E-state index in [-0.39, 0.29) is 0 Å². The Hall–Kier alpha value is -2.07. The van der Waals surface area contributed by atoms with E-state index >= 15 is 0 Å². The zero-order valence-electron chi connectivity index (χ0n) is 9.13. The third-order valence-corrected chi connectivity index (χ3v) is 2.91. The molecular formula is C13H12N2O2. The Morgan fingerprint density at radius 2 is 2.18 bits per heavy atom. The number of pyridine rings is 1. The third kappa shape index (κ3) is 1.62. The van der Waals surface area contributed by atoms with Crippen LogP contribution in [0.4, 0.5) is 5.69 Å². The second-order valence-corrected chi connectivity index (χ2v) is 4.03. The van der Waals surface area contributed by atoms with Gasteiger partial charge in [-0.1, -0.05) is 6.07 Å².